The van der Waals surface area contributed by atoms with Crippen LogP contribution in [0.3, 0.4) is 0 Å². The highest BCUT2D eigenvalue weighted by Crippen LogP contribution is 2.28. The van der Waals surface area contributed by atoms with E-state index in [4.69, 9.17) is 11.6 Å². The molecule has 0 aliphatic rings. The average molecular weight is 542 g/mol. The maximum Gasteiger partial charge on any atom is 0.264 e. The van der Waals surface area contributed by atoms with E-state index in [1.54, 1.807) is 49.4 Å². The fourth-order valence-corrected chi connectivity index (χ4v) is 5.62. The van der Waals surface area contributed by atoms with Crippen molar-refractivity contribution >= 4 is 39.1 Å². The van der Waals surface area contributed by atoms with Crippen LogP contribution in [0.4, 0.5) is 5.69 Å². The molecular formula is C28H32ClN3O4S. The molecule has 0 aromatic heterocycles. The van der Waals surface area contributed by atoms with E-state index in [2.05, 4.69) is 5.32 Å². The van der Waals surface area contributed by atoms with Crippen LogP contribution in [0, 0.1) is 20.8 Å². The molecule has 37 heavy (non-hydrogen) atoms. The lowest BCUT2D eigenvalue weighted by Crippen LogP contribution is -2.50. The topological polar surface area (TPSA) is 86.8 Å². The molecular weight excluding hydrogens is 510 g/mol. The Morgan fingerprint density at radius 3 is 2.08 bits per heavy atom. The predicted molar refractivity (Wildman–Crippen MR) is 147 cm³/mol. The van der Waals surface area contributed by atoms with E-state index in [9.17, 15) is 18.0 Å². The van der Waals surface area contributed by atoms with Crippen molar-refractivity contribution < 1.29 is 18.0 Å². The van der Waals surface area contributed by atoms with Gasteiger partial charge >= 0.3 is 0 Å². The summed E-state index contributed by atoms with van der Waals surface area (Å²) in [7, 11) is -2.60. The second-order valence-corrected chi connectivity index (χ2v) is 11.4. The number of carbonyl (C=O) groups is 2. The Morgan fingerprint density at radius 2 is 1.51 bits per heavy atom. The molecule has 0 spiro atoms. The molecule has 1 N–H and O–H groups in total. The molecule has 0 saturated carbocycles. The van der Waals surface area contributed by atoms with Crippen LogP contribution in [0.25, 0.3) is 0 Å². The zero-order valence-electron chi connectivity index (χ0n) is 21.7. The number of nitrogens with zero attached hydrogens (tertiary/aromatic N) is 2. The Bertz CT molecular complexity index is 1370. The third-order valence-electron chi connectivity index (χ3n) is 6.19. The monoisotopic (exact) mass is 541 g/mol. The van der Waals surface area contributed by atoms with Gasteiger partial charge < -0.3 is 10.2 Å². The van der Waals surface area contributed by atoms with E-state index >= 15 is 0 Å². The minimum absolute atomic E-state index is 0.0782. The third kappa shape index (κ3) is 6.70. The SMILES string of the molecule is CNC(=O)[C@@H](C)N(Cc1ccc(Cl)cc1)C(=O)CN(c1ccc(C)cc1C)S(=O)(=O)c1ccc(C)cc1. The number of benzene rings is 3. The van der Waals surface area contributed by atoms with Gasteiger partial charge in [-0.15, -0.1) is 0 Å². The summed E-state index contributed by atoms with van der Waals surface area (Å²) in [6.07, 6.45) is 0. The molecule has 196 valence electrons. The van der Waals surface area contributed by atoms with Crippen molar-refractivity contribution in [1.29, 1.82) is 0 Å². The molecule has 0 aliphatic carbocycles. The molecule has 1 atom stereocenters. The first kappa shape index (κ1) is 28.2. The van der Waals surface area contributed by atoms with Gasteiger partial charge in [0, 0.05) is 18.6 Å². The van der Waals surface area contributed by atoms with Crippen LogP contribution in [0.1, 0.15) is 29.2 Å². The zero-order chi connectivity index (χ0) is 27.3. The summed E-state index contributed by atoms with van der Waals surface area (Å²) in [6, 6.07) is 18.0. The lowest BCUT2D eigenvalue weighted by molar-refractivity contribution is -0.139. The molecule has 3 rings (SSSR count). The summed E-state index contributed by atoms with van der Waals surface area (Å²) in [5, 5.41) is 3.12. The Morgan fingerprint density at radius 1 is 0.919 bits per heavy atom. The standard InChI is InChI=1S/C28H32ClN3O4S/c1-19-6-13-25(14-7-19)37(35,36)32(26-15-8-20(2)16-21(26)3)18-27(33)31(22(4)28(34)30-5)17-23-9-11-24(29)12-10-23/h6-16,22H,17-18H2,1-5H3,(H,30,34)/t22-/m1/s1. The molecule has 9 heteroatoms. The largest absolute Gasteiger partial charge is 0.357 e. The van der Waals surface area contributed by atoms with Gasteiger partial charge in [-0.25, -0.2) is 8.42 Å². The summed E-state index contributed by atoms with van der Waals surface area (Å²) in [5.41, 5.74) is 3.76. The number of hydrogen-bond donors (Lipinski definition) is 1. The first-order valence-electron chi connectivity index (χ1n) is 11.9. The fourth-order valence-electron chi connectivity index (χ4n) is 4.01. The number of hydrogen-bond acceptors (Lipinski definition) is 4. The summed E-state index contributed by atoms with van der Waals surface area (Å²) in [5.74, 6) is -0.872. The van der Waals surface area contributed by atoms with Crippen molar-refractivity contribution in [1.82, 2.24) is 10.2 Å². The van der Waals surface area contributed by atoms with Crippen LogP contribution in [-0.2, 0) is 26.2 Å². The second-order valence-electron chi connectivity index (χ2n) is 9.05. The quantitative estimate of drug-likeness (QED) is 0.428. The van der Waals surface area contributed by atoms with Gasteiger partial charge in [0.15, 0.2) is 0 Å². The smallest absolute Gasteiger partial charge is 0.264 e. The highest BCUT2D eigenvalue weighted by molar-refractivity contribution is 7.92. The number of sulfonamides is 1. The first-order valence-corrected chi connectivity index (χ1v) is 13.7. The number of likely N-dealkylation sites (N-methyl/N-ethyl adjacent to an activating group) is 1. The molecule has 3 aromatic carbocycles. The van der Waals surface area contributed by atoms with Crippen molar-refractivity contribution in [3.05, 3.63) is 94.0 Å². The van der Waals surface area contributed by atoms with E-state index in [1.165, 1.54) is 24.1 Å². The van der Waals surface area contributed by atoms with Gasteiger partial charge in [0.2, 0.25) is 11.8 Å². The number of rotatable bonds is 9. The molecule has 0 saturated heterocycles. The molecule has 2 amide bonds. The molecule has 0 heterocycles. The van der Waals surface area contributed by atoms with E-state index < -0.39 is 28.5 Å². The molecule has 3 aromatic rings. The lowest BCUT2D eigenvalue weighted by atomic mass is 10.1. The van der Waals surface area contributed by atoms with Crippen LogP contribution in [0.2, 0.25) is 5.02 Å². The van der Waals surface area contributed by atoms with E-state index in [-0.39, 0.29) is 17.3 Å². The van der Waals surface area contributed by atoms with Crippen molar-refractivity contribution in [2.45, 2.75) is 45.2 Å². The maximum atomic E-state index is 13.9. The van der Waals surface area contributed by atoms with Crippen molar-refractivity contribution in [2.75, 3.05) is 17.9 Å². The number of amides is 2. The molecule has 0 unspecified atom stereocenters. The van der Waals surface area contributed by atoms with Crippen molar-refractivity contribution in [2.24, 2.45) is 0 Å². The van der Waals surface area contributed by atoms with E-state index in [0.717, 1.165) is 21.0 Å². The number of carbonyl (C=O) groups excluding carboxylic acids is 2. The van der Waals surface area contributed by atoms with Gasteiger partial charge in [-0.3, -0.25) is 13.9 Å². The van der Waals surface area contributed by atoms with Gasteiger partial charge in [-0.1, -0.05) is 59.1 Å². The molecule has 7 nitrogen and oxygen atoms in total. The number of anilines is 1. The molecule has 0 bridgehead atoms. The predicted octanol–water partition coefficient (Wildman–Crippen LogP) is 4.62. The maximum absolute atomic E-state index is 13.9. The highest BCUT2D eigenvalue weighted by atomic mass is 35.5. The molecule has 0 fully saturated rings. The van der Waals surface area contributed by atoms with E-state index in [0.29, 0.717) is 16.3 Å². The van der Waals surface area contributed by atoms with Crippen LogP contribution < -0.4 is 9.62 Å². The minimum Gasteiger partial charge on any atom is -0.357 e. The normalized spacial score (nSPS) is 12.1. The Kier molecular flexibility index (Phi) is 8.99. The first-order chi connectivity index (χ1) is 17.4. The number of aryl methyl sites for hydroxylation is 3. The van der Waals surface area contributed by atoms with Gasteiger partial charge in [-0.2, -0.15) is 0 Å². The Balaban J connectivity index is 2.06. The van der Waals surface area contributed by atoms with Crippen LogP contribution >= 0.6 is 11.6 Å². The van der Waals surface area contributed by atoms with E-state index in [1.807, 2.05) is 32.9 Å². The van der Waals surface area contributed by atoms with Gasteiger partial charge in [0.05, 0.1) is 10.6 Å². The van der Waals surface area contributed by atoms with Crippen LogP contribution in [-0.4, -0.2) is 44.8 Å². The molecule has 0 radical (unpaired) electrons. The minimum atomic E-state index is -4.10. The fraction of sp³-hybridized carbons (Fsp3) is 0.286. The third-order valence-corrected chi connectivity index (χ3v) is 8.21. The Labute approximate surface area is 224 Å². The molecule has 0 aliphatic heterocycles. The number of halogens is 1. The second kappa shape index (κ2) is 11.8. The number of nitrogens with one attached hydrogen (secondary N) is 1. The van der Waals surface area contributed by atoms with Crippen molar-refractivity contribution in [3.63, 3.8) is 0 Å². The zero-order valence-corrected chi connectivity index (χ0v) is 23.2. The summed E-state index contributed by atoms with van der Waals surface area (Å²) >= 11 is 6.01. The summed E-state index contributed by atoms with van der Waals surface area (Å²) in [6.45, 7) is 6.84. The summed E-state index contributed by atoms with van der Waals surface area (Å²) < 4.78 is 28.8. The summed E-state index contributed by atoms with van der Waals surface area (Å²) in [4.78, 5) is 27.8. The Hall–Kier alpha value is -3.36. The average Bonchev–Trinajstić information content (AvgIpc) is 2.86. The van der Waals surface area contributed by atoms with Gasteiger partial charge in [0.25, 0.3) is 10.0 Å². The highest BCUT2D eigenvalue weighted by Gasteiger charge is 2.32. The van der Waals surface area contributed by atoms with Crippen molar-refractivity contribution in [3.8, 4) is 0 Å². The van der Waals surface area contributed by atoms with Gasteiger partial charge in [0.1, 0.15) is 12.6 Å². The van der Waals surface area contributed by atoms with Crippen LogP contribution in [0.5, 0.6) is 0 Å². The van der Waals surface area contributed by atoms with Crippen LogP contribution in [0.15, 0.2) is 71.6 Å². The lowest BCUT2D eigenvalue weighted by Gasteiger charge is -2.32. The van der Waals surface area contributed by atoms with Gasteiger partial charge in [-0.05, 0) is 69.2 Å².